The first kappa shape index (κ1) is 10.5. The van der Waals surface area contributed by atoms with E-state index in [1.54, 1.807) is 19.4 Å². The highest BCUT2D eigenvalue weighted by molar-refractivity contribution is 5.62. The van der Waals surface area contributed by atoms with E-state index in [-0.39, 0.29) is 5.82 Å². The predicted molar refractivity (Wildman–Crippen MR) is 59.5 cm³/mol. The van der Waals surface area contributed by atoms with Gasteiger partial charge >= 0.3 is 0 Å². The van der Waals surface area contributed by atoms with E-state index in [2.05, 4.69) is 20.3 Å². The number of pyridine rings is 1. The van der Waals surface area contributed by atoms with Crippen molar-refractivity contribution in [3.8, 4) is 11.3 Å². The molecule has 0 aromatic carbocycles. The predicted octanol–water partition coefficient (Wildman–Crippen LogP) is 2.03. The SMILES string of the molecule is CNc1ncc(C)c(-c2cncc(F)c2)n1. The maximum absolute atomic E-state index is 13.0. The van der Waals surface area contributed by atoms with Crippen LogP contribution in [0.3, 0.4) is 0 Å². The van der Waals surface area contributed by atoms with Crippen molar-refractivity contribution in [2.75, 3.05) is 12.4 Å². The molecule has 0 unspecified atom stereocenters. The molecule has 0 bridgehead atoms. The van der Waals surface area contributed by atoms with Crippen LogP contribution in [0.1, 0.15) is 5.56 Å². The number of rotatable bonds is 2. The van der Waals surface area contributed by atoms with Crippen LogP contribution in [0.4, 0.5) is 10.3 Å². The Kier molecular flexibility index (Phi) is 2.76. The fraction of sp³-hybridized carbons (Fsp3) is 0.182. The summed E-state index contributed by atoms with van der Waals surface area (Å²) in [6.45, 7) is 1.87. The summed E-state index contributed by atoms with van der Waals surface area (Å²) in [5, 5.41) is 2.84. The minimum Gasteiger partial charge on any atom is -0.357 e. The topological polar surface area (TPSA) is 50.7 Å². The molecule has 0 saturated heterocycles. The molecular formula is C11H11FN4. The largest absolute Gasteiger partial charge is 0.357 e. The van der Waals surface area contributed by atoms with Crippen molar-refractivity contribution in [3.05, 3.63) is 36.0 Å². The quantitative estimate of drug-likeness (QED) is 0.837. The molecule has 0 amide bonds. The Morgan fingerprint density at radius 2 is 2.06 bits per heavy atom. The first-order chi connectivity index (χ1) is 7.70. The molecular weight excluding hydrogens is 207 g/mol. The van der Waals surface area contributed by atoms with E-state index in [1.165, 1.54) is 12.3 Å². The Morgan fingerprint density at radius 3 is 2.75 bits per heavy atom. The van der Waals surface area contributed by atoms with Gasteiger partial charge in [-0.25, -0.2) is 14.4 Å². The van der Waals surface area contributed by atoms with Gasteiger partial charge in [0.05, 0.1) is 11.9 Å². The van der Waals surface area contributed by atoms with Gasteiger partial charge in [0.25, 0.3) is 0 Å². The molecule has 0 saturated carbocycles. The maximum Gasteiger partial charge on any atom is 0.222 e. The second kappa shape index (κ2) is 4.22. The molecule has 2 aromatic rings. The smallest absolute Gasteiger partial charge is 0.222 e. The third-order valence-electron chi connectivity index (χ3n) is 2.17. The van der Waals surface area contributed by atoms with Gasteiger partial charge in [-0.05, 0) is 18.6 Å². The zero-order chi connectivity index (χ0) is 11.5. The Bertz CT molecular complexity index is 513. The number of anilines is 1. The number of hydrogen-bond acceptors (Lipinski definition) is 4. The molecule has 0 aliphatic carbocycles. The summed E-state index contributed by atoms with van der Waals surface area (Å²) in [5.41, 5.74) is 2.22. The second-order valence-electron chi connectivity index (χ2n) is 3.37. The average molecular weight is 218 g/mol. The van der Waals surface area contributed by atoms with Crippen LogP contribution in [-0.2, 0) is 0 Å². The molecule has 5 heteroatoms. The molecule has 0 aliphatic heterocycles. The maximum atomic E-state index is 13.0. The van der Waals surface area contributed by atoms with Gasteiger partial charge in [-0.1, -0.05) is 0 Å². The van der Waals surface area contributed by atoms with Crippen molar-refractivity contribution in [1.29, 1.82) is 0 Å². The lowest BCUT2D eigenvalue weighted by Gasteiger charge is -2.06. The van der Waals surface area contributed by atoms with Crippen molar-refractivity contribution < 1.29 is 4.39 Å². The number of aromatic nitrogens is 3. The van der Waals surface area contributed by atoms with E-state index >= 15 is 0 Å². The third kappa shape index (κ3) is 1.98. The van der Waals surface area contributed by atoms with Crippen LogP contribution in [0.15, 0.2) is 24.7 Å². The first-order valence-electron chi connectivity index (χ1n) is 4.83. The van der Waals surface area contributed by atoms with Crippen LogP contribution in [0.5, 0.6) is 0 Å². The molecule has 0 spiro atoms. The van der Waals surface area contributed by atoms with Crippen LogP contribution >= 0.6 is 0 Å². The van der Waals surface area contributed by atoms with E-state index in [0.717, 1.165) is 5.56 Å². The number of aryl methyl sites for hydroxylation is 1. The molecule has 0 fully saturated rings. The van der Waals surface area contributed by atoms with Crippen LogP contribution in [-0.4, -0.2) is 22.0 Å². The zero-order valence-electron chi connectivity index (χ0n) is 9.03. The highest BCUT2D eigenvalue weighted by Gasteiger charge is 2.07. The van der Waals surface area contributed by atoms with E-state index < -0.39 is 0 Å². The summed E-state index contributed by atoms with van der Waals surface area (Å²) >= 11 is 0. The average Bonchev–Trinajstić information content (AvgIpc) is 2.30. The molecule has 0 aliphatic rings. The van der Waals surface area contributed by atoms with Gasteiger partial charge in [-0.3, -0.25) is 4.98 Å². The zero-order valence-corrected chi connectivity index (χ0v) is 9.03. The highest BCUT2D eigenvalue weighted by atomic mass is 19.1. The lowest BCUT2D eigenvalue weighted by Crippen LogP contribution is -1.99. The highest BCUT2D eigenvalue weighted by Crippen LogP contribution is 2.21. The van der Waals surface area contributed by atoms with Gasteiger partial charge in [-0.15, -0.1) is 0 Å². The van der Waals surface area contributed by atoms with Gasteiger partial charge in [0.15, 0.2) is 0 Å². The molecule has 16 heavy (non-hydrogen) atoms. The summed E-state index contributed by atoms with van der Waals surface area (Å²) < 4.78 is 13.0. The number of hydrogen-bond donors (Lipinski definition) is 1. The summed E-state index contributed by atoms with van der Waals surface area (Å²) in [4.78, 5) is 12.1. The van der Waals surface area contributed by atoms with Crippen molar-refractivity contribution >= 4 is 5.95 Å². The van der Waals surface area contributed by atoms with Crippen LogP contribution in [0.2, 0.25) is 0 Å². The molecule has 82 valence electrons. The minimum absolute atomic E-state index is 0.374. The fourth-order valence-corrected chi connectivity index (χ4v) is 1.40. The number of nitrogens with one attached hydrogen (secondary N) is 1. The van der Waals surface area contributed by atoms with Crippen LogP contribution in [0, 0.1) is 12.7 Å². The molecule has 0 radical (unpaired) electrons. The number of halogens is 1. The van der Waals surface area contributed by atoms with Crippen molar-refractivity contribution in [3.63, 3.8) is 0 Å². The Balaban J connectivity index is 2.54. The lowest BCUT2D eigenvalue weighted by molar-refractivity contribution is 0.622. The van der Waals surface area contributed by atoms with Gasteiger partial charge in [0.1, 0.15) is 5.82 Å². The van der Waals surface area contributed by atoms with Gasteiger partial charge in [0.2, 0.25) is 5.95 Å². The van der Waals surface area contributed by atoms with E-state index in [1.807, 2.05) is 6.92 Å². The number of nitrogens with zero attached hydrogens (tertiary/aromatic N) is 3. The standard InChI is InChI=1S/C11H11FN4/c1-7-4-15-11(13-2)16-10(7)8-3-9(12)6-14-5-8/h3-6H,1-2H3,(H,13,15,16). The first-order valence-corrected chi connectivity index (χ1v) is 4.83. The van der Waals surface area contributed by atoms with Gasteiger partial charge < -0.3 is 5.32 Å². The Labute approximate surface area is 92.6 Å². The van der Waals surface area contributed by atoms with Gasteiger partial charge in [-0.2, -0.15) is 0 Å². The lowest BCUT2D eigenvalue weighted by atomic mass is 10.1. The van der Waals surface area contributed by atoms with Crippen LogP contribution in [0.25, 0.3) is 11.3 Å². The summed E-state index contributed by atoms with van der Waals surface area (Å²) in [7, 11) is 1.73. The van der Waals surface area contributed by atoms with E-state index in [9.17, 15) is 4.39 Å². The minimum atomic E-state index is -0.374. The monoisotopic (exact) mass is 218 g/mol. The van der Waals surface area contributed by atoms with Crippen LogP contribution < -0.4 is 5.32 Å². The molecule has 0 atom stereocenters. The van der Waals surface area contributed by atoms with E-state index in [0.29, 0.717) is 17.2 Å². The summed E-state index contributed by atoms with van der Waals surface area (Å²) in [6.07, 6.45) is 4.44. The summed E-state index contributed by atoms with van der Waals surface area (Å²) in [6, 6.07) is 1.40. The molecule has 2 rings (SSSR count). The second-order valence-corrected chi connectivity index (χ2v) is 3.37. The van der Waals surface area contributed by atoms with Crippen molar-refractivity contribution in [2.45, 2.75) is 6.92 Å². The van der Waals surface area contributed by atoms with Crippen molar-refractivity contribution in [2.24, 2.45) is 0 Å². The van der Waals surface area contributed by atoms with Crippen molar-refractivity contribution in [1.82, 2.24) is 15.0 Å². The molecule has 2 aromatic heterocycles. The Hall–Kier alpha value is -2.04. The molecule has 1 N–H and O–H groups in total. The van der Waals surface area contributed by atoms with Gasteiger partial charge in [0, 0.05) is 25.0 Å². The molecule has 2 heterocycles. The fourth-order valence-electron chi connectivity index (χ4n) is 1.40. The normalized spacial score (nSPS) is 10.2. The molecule has 4 nitrogen and oxygen atoms in total. The van der Waals surface area contributed by atoms with E-state index in [4.69, 9.17) is 0 Å². The summed E-state index contributed by atoms with van der Waals surface area (Å²) in [5.74, 6) is 0.131. The Morgan fingerprint density at radius 1 is 1.25 bits per heavy atom. The third-order valence-corrected chi connectivity index (χ3v) is 2.17.